The van der Waals surface area contributed by atoms with Gasteiger partial charge >= 0.3 is 0 Å². The first kappa shape index (κ1) is 20.8. The second-order valence-corrected chi connectivity index (χ2v) is 9.27. The molecule has 2 aromatic rings. The Morgan fingerprint density at radius 2 is 1.86 bits per heavy atom. The van der Waals surface area contributed by atoms with Crippen molar-refractivity contribution in [1.82, 2.24) is 4.90 Å². The summed E-state index contributed by atoms with van der Waals surface area (Å²) < 4.78 is 31.3. The van der Waals surface area contributed by atoms with Crippen molar-refractivity contribution in [3.63, 3.8) is 0 Å². The zero-order chi connectivity index (χ0) is 20.3. The van der Waals surface area contributed by atoms with Gasteiger partial charge in [-0.15, -0.1) is 0 Å². The van der Waals surface area contributed by atoms with Crippen LogP contribution in [0.3, 0.4) is 0 Å². The van der Waals surface area contributed by atoms with E-state index in [4.69, 9.17) is 9.29 Å². The van der Waals surface area contributed by atoms with Crippen LogP contribution >= 0.6 is 0 Å². The van der Waals surface area contributed by atoms with Crippen molar-refractivity contribution in [2.45, 2.75) is 31.2 Å². The van der Waals surface area contributed by atoms with E-state index in [-0.39, 0.29) is 0 Å². The molecule has 2 aliphatic rings. The summed E-state index contributed by atoms with van der Waals surface area (Å²) in [6.45, 7) is 1.18. The maximum atomic E-state index is 9.19. The molecule has 5 nitrogen and oxygen atoms in total. The number of ether oxygens (including phenoxy) is 1. The summed E-state index contributed by atoms with van der Waals surface area (Å²) in [4.78, 5) is 2.58. The number of likely N-dealkylation sites (N-methyl/N-ethyl adjacent to an activating group) is 1. The van der Waals surface area contributed by atoms with Crippen molar-refractivity contribution >= 4 is 10.1 Å². The van der Waals surface area contributed by atoms with Crippen LogP contribution in [0.15, 0.2) is 48.5 Å². The summed E-state index contributed by atoms with van der Waals surface area (Å²) in [7, 11) is 0.391. The fraction of sp³-hybridized carbons (Fsp3) is 0.455. The van der Waals surface area contributed by atoms with E-state index in [1.165, 1.54) is 36.9 Å². The van der Waals surface area contributed by atoms with Crippen molar-refractivity contribution in [3.05, 3.63) is 65.2 Å². The Kier molecular flexibility index (Phi) is 6.43. The average molecular weight is 404 g/mol. The maximum absolute atomic E-state index is 9.19. The van der Waals surface area contributed by atoms with Crippen molar-refractivity contribution in [1.29, 1.82) is 0 Å². The molecular formula is C22H29NO4S. The Bertz CT molecular complexity index is 890. The smallest absolute Gasteiger partial charge is 0.261 e. The van der Waals surface area contributed by atoms with Gasteiger partial charge in [-0.1, -0.05) is 36.4 Å². The van der Waals surface area contributed by atoms with Crippen LogP contribution in [0.25, 0.3) is 0 Å². The molecule has 1 aliphatic heterocycles. The molecule has 0 spiro atoms. The van der Waals surface area contributed by atoms with E-state index in [2.05, 4.69) is 60.5 Å². The molecule has 0 radical (unpaired) electrons. The van der Waals surface area contributed by atoms with Gasteiger partial charge in [0.25, 0.3) is 10.1 Å². The lowest BCUT2D eigenvalue weighted by Gasteiger charge is -2.31. The zero-order valence-corrected chi connectivity index (χ0v) is 17.5. The maximum Gasteiger partial charge on any atom is 0.261 e. The third-order valence-corrected chi connectivity index (χ3v) is 5.85. The van der Waals surface area contributed by atoms with E-state index < -0.39 is 10.1 Å². The number of benzene rings is 2. The van der Waals surface area contributed by atoms with E-state index >= 15 is 0 Å². The van der Waals surface area contributed by atoms with Crippen LogP contribution in [-0.2, 0) is 23.0 Å². The summed E-state index contributed by atoms with van der Waals surface area (Å²) in [5.74, 6) is 2.46. The lowest BCUT2D eigenvalue weighted by Crippen LogP contribution is -2.32. The molecule has 1 fully saturated rings. The minimum atomic E-state index is -3.67. The van der Waals surface area contributed by atoms with Crippen LogP contribution in [0, 0.1) is 5.92 Å². The number of aryl methyl sites for hydroxylation is 1. The van der Waals surface area contributed by atoms with E-state index in [1.807, 2.05) is 0 Å². The van der Waals surface area contributed by atoms with Gasteiger partial charge in [-0.05, 0) is 61.1 Å². The lowest BCUT2D eigenvalue weighted by molar-refractivity contribution is 0.259. The highest BCUT2D eigenvalue weighted by atomic mass is 32.2. The summed E-state index contributed by atoms with van der Waals surface area (Å²) in [6.07, 6.45) is 4.37. The SMILES string of the molecule is COc1ccc2c(c1)CC[C@H]1[C@@H]2CN(C)[C@H]1Cc1ccccc1.CS(=O)(=O)O. The molecule has 3 atom stereocenters. The van der Waals surface area contributed by atoms with Crippen molar-refractivity contribution < 1.29 is 17.7 Å². The van der Waals surface area contributed by atoms with E-state index in [0.29, 0.717) is 18.2 Å². The molecule has 0 unspecified atom stereocenters. The molecule has 6 heteroatoms. The molecule has 0 aromatic heterocycles. The van der Waals surface area contributed by atoms with Crippen LogP contribution in [0.1, 0.15) is 29.0 Å². The third kappa shape index (κ3) is 5.13. The standard InChI is InChI=1S/C21H25NO.CH4O3S/c1-22-14-20-18-11-9-17(23-2)13-16(18)8-10-19(20)21(22)12-15-6-4-3-5-7-15;1-5(2,3)4/h3-7,9,11,13,19-21H,8,10,12,14H2,1-2H3;1H3,(H,2,3,4)/t19-,20+,21-;/m0./s1. The van der Waals surface area contributed by atoms with E-state index in [0.717, 1.165) is 11.7 Å². The molecular weight excluding hydrogens is 374 g/mol. The number of hydrogen-bond acceptors (Lipinski definition) is 4. The molecule has 1 saturated heterocycles. The monoisotopic (exact) mass is 403 g/mol. The highest BCUT2D eigenvalue weighted by Gasteiger charge is 2.42. The molecule has 2 aromatic carbocycles. The van der Waals surface area contributed by atoms with Crippen LogP contribution in [0.5, 0.6) is 5.75 Å². The lowest BCUT2D eigenvalue weighted by atomic mass is 9.73. The van der Waals surface area contributed by atoms with Crippen LogP contribution in [0.4, 0.5) is 0 Å². The number of methoxy groups -OCH3 is 1. The van der Waals surface area contributed by atoms with Gasteiger partial charge in [-0.2, -0.15) is 8.42 Å². The first-order chi connectivity index (χ1) is 13.3. The Labute approximate surface area is 168 Å². The molecule has 28 heavy (non-hydrogen) atoms. The van der Waals surface area contributed by atoms with E-state index in [9.17, 15) is 8.42 Å². The Morgan fingerprint density at radius 3 is 2.50 bits per heavy atom. The number of hydrogen-bond donors (Lipinski definition) is 1. The van der Waals surface area contributed by atoms with Gasteiger partial charge in [0.2, 0.25) is 0 Å². The normalized spacial score (nSPS) is 23.9. The predicted octanol–water partition coefficient (Wildman–Crippen LogP) is 3.40. The number of nitrogens with zero attached hydrogens (tertiary/aromatic N) is 1. The van der Waals surface area contributed by atoms with Gasteiger partial charge in [-0.25, -0.2) is 0 Å². The molecule has 0 saturated carbocycles. The van der Waals surface area contributed by atoms with Crippen molar-refractivity contribution in [2.24, 2.45) is 5.92 Å². The van der Waals surface area contributed by atoms with Gasteiger partial charge in [0.1, 0.15) is 5.75 Å². The van der Waals surface area contributed by atoms with Gasteiger partial charge in [0, 0.05) is 18.5 Å². The first-order valence-corrected chi connectivity index (χ1v) is 11.4. The topological polar surface area (TPSA) is 66.8 Å². The molecule has 1 heterocycles. The van der Waals surface area contributed by atoms with Gasteiger partial charge in [0.05, 0.1) is 13.4 Å². The van der Waals surface area contributed by atoms with Crippen LogP contribution in [-0.4, -0.2) is 50.9 Å². The fourth-order valence-corrected chi connectivity index (χ4v) is 4.67. The highest BCUT2D eigenvalue weighted by Crippen LogP contribution is 2.45. The molecule has 1 N–H and O–H groups in total. The molecule has 152 valence electrons. The molecule has 1 aliphatic carbocycles. The van der Waals surface area contributed by atoms with Crippen LogP contribution in [0.2, 0.25) is 0 Å². The number of likely N-dealkylation sites (tertiary alicyclic amines) is 1. The first-order valence-electron chi connectivity index (χ1n) is 9.59. The average Bonchev–Trinajstić information content (AvgIpc) is 2.96. The number of rotatable bonds is 3. The molecule has 0 bridgehead atoms. The minimum Gasteiger partial charge on any atom is -0.497 e. The number of fused-ring (bicyclic) bond motifs is 3. The van der Waals surface area contributed by atoms with Crippen molar-refractivity contribution in [2.75, 3.05) is 27.0 Å². The molecule has 0 amide bonds. The summed E-state index contributed by atoms with van der Waals surface area (Å²) in [5, 5.41) is 0. The Balaban J connectivity index is 0.000000403. The molecule has 4 rings (SSSR count). The van der Waals surface area contributed by atoms with Gasteiger partial charge in [-0.3, -0.25) is 4.55 Å². The largest absolute Gasteiger partial charge is 0.497 e. The second-order valence-electron chi connectivity index (χ2n) is 7.80. The van der Waals surface area contributed by atoms with Crippen LogP contribution < -0.4 is 4.74 Å². The van der Waals surface area contributed by atoms with E-state index in [1.54, 1.807) is 12.7 Å². The van der Waals surface area contributed by atoms with Gasteiger partial charge in [0.15, 0.2) is 0 Å². The fourth-order valence-electron chi connectivity index (χ4n) is 4.67. The quantitative estimate of drug-likeness (QED) is 0.796. The van der Waals surface area contributed by atoms with Gasteiger partial charge < -0.3 is 9.64 Å². The summed E-state index contributed by atoms with van der Waals surface area (Å²) in [6, 6.07) is 18.3. The Morgan fingerprint density at radius 1 is 1.18 bits per heavy atom. The predicted molar refractivity (Wildman–Crippen MR) is 112 cm³/mol. The van der Waals surface area contributed by atoms with Crippen molar-refractivity contribution in [3.8, 4) is 5.75 Å². The summed E-state index contributed by atoms with van der Waals surface area (Å²) >= 11 is 0. The highest BCUT2D eigenvalue weighted by molar-refractivity contribution is 7.85. The minimum absolute atomic E-state index is 0.664. The second kappa shape index (κ2) is 8.64. The zero-order valence-electron chi connectivity index (χ0n) is 16.7. The Hall–Kier alpha value is -1.89. The third-order valence-electron chi connectivity index (χ3n) is 5.85. The summed E-state index contributed by atoms with van der Waals surface area (Å²) in [5.41, 5.74) is 4.52.